The van der Waals surface area contributed by atoms with Crippen molar-refractivity contribution in [1.29, 1.82) is 0 Å². The lowest BCUT2D eigenvalue weighted by Crippen LogP contribution is -2.35. The average molecular weight is 331 g/mol. The van der Waals surface area contributed by atoms with Crippen LogP contribution in [0.4, 0.5) is 0 Å². The van der Waals surface area contributed by atoms with Crippen LogP contribution in [-0.4, -0.2) is 41.8 Å². The number of piperidine rings is 1. The smallest absolute Gasteiger partial charge is 0.226 e. The SMILES string of the molecule is CCc1nc(CN2CCC(COc3ccc(OC)cc3)CC2)no1. The molecule has 1 saturated heterocycles. The molecule has 0 aliphatic carbocycles. The Morgan fingerprint density at radius 2 is 1.88 bits per heavy atom. The maximum absolute atomic E-state index is 5.90. The molecule has 24 heavy (non-hydrogen) atoms. The van der Waals surface area contributed by atoms with E-state index in [1.807, 2.05) is 31.2 Å². The monoisotopic (exact) mass is 331 g/mol. The van der Waals surface area contributed by atoms with Crippen LogP contribution in [0.5, 0.6) is 11.5 Å². The molecular formula is C18H25N3O3. The highest BCUT2D eigenvalue weighted by molar-refractivity contribution is 5.31. The van der Waals surface area contributed by atoms with E-state index in [2.05, 4.69) is 15.0 Å². The van der Waals surface area contributed by atoms with Gasteiger partial charge in [0, 0.05) is 6.42 Å². The number of rotatable bonds is 7. The van der Waals surface area contributed by atoms with E-state index in [0.717, 1.165) is 62.8 Å². The molecule has 0 amide bonds. The fourth-order valence-corrected chi connectivity index (χ4v) is 2.90. The van der Waals surface area contributed by atoms with Gasteiger partial charge in [-0.1, -0.05) is 12.1 Å². The Morgan fingerprint density at radius 3 is 2.50 bits per heavy atom. The first-order chi connectivity index (χ1) is 11.8. The molecule has 0 spiro atoms. The van der Waals surface area contributed by atoms with Gasteiger partial charge in [-0.05, 0) is 56.1 Å². The predicted molar refractivity (Wildman–Crippen MR) is 90.2 cm³/mol. The summed E-state index contributed by atoms with van der Waals surface area (Å²) in [5, 5.41) is 4.03. The van der Waals surface area contributed by atoms with Crippen molar-refractivity contribution in [2.45, 2.75) is 32.7 Å². The zero-order chi connectivity index (χ0) is 16.8. The quantitative estimate of drug-likeness (QED) is 0.777. The van der Waals surface area contributed by atoms with Crippen molar-refractivity contribution < 1.29 is 14.0 Å². The Kier molecular flexibility index (Phi) is 5.69. The molecule has 0 bridgehead atoms. The van der Waals surface area contributed by atoms with Gasteiger partial charge in [0.25, 0.3) is 0 Å². The van der Waals surface area contributed by atoms with Crippen molar-refractivity contribution in [1.82, 2.24) is 15.0 Å². The summed E-state index contributed by atoms with van der Waals surface area (Å²) >= 11 is 0. The van der Waals surface area contributed by atoms with E-state index < -0.39 is 0 Å². The third-order valence-electron chi connectivity index (χ3n) is 4.43. The van der Waals surface area contributed by atoms with E-state index >= 15 is 0 Å². The van der Waals surface area contributed by atoms with Crippen molar-refractivity contribution in [2.24, 2.45) is 5.92 Å². The molecule has 0 radical (unpaired) electrons. The number of ether oxygens (including phenoxy) is 2. The van der Waals surface area contributed by atoms with E-state index in [-0.39, 0.29) is 0 Å². The summed E-state index contributed by atoms with van der Waals surface area (Å²) < 4.78 is 16.2. The topological polar surface area (TPSA) is 60.6 Å². The zero-order valence-electron chi connectivity index (χ0n) is 14.4. The minimum absolute atomic E-state index is 0.597. The molecule has 3 rings (SSSR count). The molecule has 1 aromatic carbocycles. The van der Waals surface area contributed by atoms with Crippen molar-refractivity contribution in [3.8, 4) is 11.5 Å². The summed E-state index contributed by atoms with van der Waals surface area (Å²) in [6.45, 7) is 5.66. The van der Waals surface area contributed by atoms with Crippen LogP contribution in [0.15, 0.2) is 28.8 Å². The maximum atomic E-state index is 5.90. The van der Waals surface area contributed by atoms with Gasteiger partial charge in [0.05, 0.1) is 20.3 Å². The van der Waals surface area contributed by atoms with Crippen LogP contribution in [0.2, 0.25) is 0 Å². The first-order valence-electron chi connectivity index (χ1n) is 8.57. The van der Waals surface area contributed by atoms with E-state index in [4.69, 9.17) is 14.0 Å². The average Bonchev–Trinajstić information content (AvgIpc) is 3.09. The van der Waals surface area contributed by atoms with Crippen molar-refractivity contribution in [3.63, 3.8) is 0 Å². The van der Waals surface area contributed by atoms with Crippen molar-refractivity contribution in [2.75, 3.05) is 26.8 Å². The van der Waals surface area contributed by atoms with Gasteiger partial charge in [-0.15, -0.1) is 0 Å². The second-order valence-corrected chi connectivity index (χ2v) is 6.16. The molecule has 6 heteroatoms. The highest BCUT2D eigenvalue weighted by atomic mass is 16.5. The molecule has 2 aromatic rings. The van der Waals surface area contributed by atoms with Gasteiger partial charge in [-0.3, -0.25) is 4.90 Å². The molecule has 6 nitrogen and oxygen atoms in total. The molecule has 0 saturated carbocycles. The maximum Gasteiger partial charge on any atom is 0.226 e. The van der Waals surface area contributed by atoms with Crippen LogP contribution in [0.1, 0.15) is 31.5 Å². The number of hydrogen-bond acceptors (Lipinski definition) is 6. The highest BCUT2D eigenvalue weighted by Gasteiger charge is 2.21. The second kappa shape index (κ2) is 8.15. The van der Waals surface area contributed by atoms with E-state index in [0.29, 0.717) is 11.8 Å². The Hall–Kier alpha value is -2.08. The van der Waals surface area contributed by atoms with Gasteiger partial charge in [0.15, 0.2) is 5.82 Å². The molecule has 0 N–H and O–H groups in total. The Labute approximate surface area is 142 Å². The number of aromatic nitrogens is 2. The summed E-state index contributed by atoms with van der Waals surface area (Å²) in [5.41, 5.74) is 0. The molecule has 130 valence electrons. The Bertz CT molecular complexity index is 619. The van der Waals surface area contributed by atoms with Gasteiger partial charge in [-0.2, -0.15) is 4.98 Å². The van der Waals surface area contributed by atoms with Gasteiger partial charge in [-0.25, -0.2) is 0 Å². The third-order valence-corrected chi connectivity index (χ3v) is 4.43. The first-order valence-corrected chi connectivity index (χ1v) is 8.57. The molecule has 1 aromatic heterocycles. The number of benzene rings is 1. The molecule has 0 unspecified atom stereocenters. The van der Waals surface area contributed by atoms with Gasteiger partial charge >= 0.3 is 0 Å². The van der Waals surface area contributed by atoms with Gasteiger partial charge in [0.1, 0.15) is 11.5 Å². The minimum atomic E-state index is 0.597. The largest absolute Gasteiger partial charge is 0.497 e. The predicted octanol–water partition coefficient (Wildman–Crippen LogP) is 2.93. The molecule has 1 aliphatic rings. The standard InChI is InChI=1S/C18H25N3O3/c1-3-18-19-17(20-24-18)12-21-10-8-14(9-11-21)13-23-16-6-4-15(22-2)5-7-16/h4-7,14H,3,8-13H2,1-2H3. The molecule has 1 aliphatic heterocycles. The fraction of sp³-hybridized carbons (Fsp3) is 0.556. The summed E-state index contributed by atoms with van der Waals surface area (Å²) in [5.74, 6) is 3.85. The van der Waals surface area contributed by atoms with Crippen LogP contribution < -0.4 is 9.47 Å². The second-order valence-electron chi connectivity index (χ2n) is 6.16. The summed E-state index contributed by atoms with van der Waals surface area (Å²) in [4.78, 5) is 6.76. The van der Waals surface area contributed by atoms with E-state index in [1.54, 1.807) is 7.11 Å². The lowest BCUT2D eigenvalue weighted by molar-refractivity contribution is 0.134. The van der Waals surface area contributed by atoms with E-state index in [9.17, 15) is 0 Å². The summed E-state index contributed by atoms with van der Waals surface area (Å²) in [6.07, 6.45) is 3.06. The fourth-order valence-electron chi connectivity index (χ4n) is 2.90. The van der Waals surface area contributed by atoms with Crippen LogP contribution in [-0.2, 0) is 13.0 Å². The van der Waals surface area contributed by atoms with Crippen LogP contribution >= 0.6 is 0 Å². The van der Waals surface area contributed by atoms with Crippen LogP contribution in [0, 0.1) is 5.92 Å². The lowest BCUT2D eigenvalue weighted by Gasteiger charge is -2.30. The Morgan fingerprint density at radius 1 is 1.17 bits per heavy atom. The molecular weight excluding hydrogens is 306 g/mol. The number of aryl methyl sites for hydroxylation is 1. The number of hydrogen-bond donors (Lipinski definition) is 0. The number of nitrogens with zero attached hydrogens (tertiary/aromatic N) is 3. The molecule has 0 atom stereocenters. The molecule has 2 heterocycles. The highest BCUT2D eigenvalue weighted by Crippen LogP contribution is 2.22. The van der Waals surface area contributed by atoms with Crippen LogP contribution in [0.3, 0.4) is 0 Å². The van der Waals surface area contributed by atoms with Gasteiger partial charge < -0.3 is 14.0 Å². The zero-order valence-corrected chi connectivity index (χ0v) is 14.4. The van der Waals surface area contributed by atoms with Crippen molar-refractivity contribution in [3.05, 3.63) is 36.0 Å². The normalized spacial score (nSPS) is 16.2. The third kappa shape index (κ3) is 4.47. The summed E-state index contributed by atoms with van der Waals surface area (Å²) in [7, 11) is 1.67. The lowest BCUT2D eigenvalue weighted by atomic mass is 9.98. The van der Waals surface area contributed by atoms with Gasteiger partial charge in [0.2, 0.25) is 5.89 Å². The summed E-state index contributed by atoms with van der Waals surface area (Å²) in [6, 6.07) is 7.76. The first kappa shape index (κ1) is 16.8. The Balaban J connectivity index is 1.39. The number of likely N-dealkylation sites (tertiary alicyclic amines) is 1. The van der Waals surface area contributed by atoms with Crippen LogP contribution in [0.25, 0.3) is 0 Å². The minimum Gasteiger partial charge on any atom is -0.497 e. The van der Waals surface area contributed by atoms with Crippen molar-refractivity contribution >= 4 is 0 Å². The molecule has 1 fully saturated rings. The number of methoxy groups -OCH3 is 1. The van der Waals surface area contributed by atoms with E-state index in [1.165, 1.54) is 0 Å².